The van der Waals surface area contributed by atoms with Gasteiger partial charge in [-0.3, -0.25) is 0 Å². The Balaban J connectivity index is 3.75. The SMILES string of the molecule is CCC(C)NS(=O)(=O)Br. The fourth-order valence-corrected chi connectivity index (χ4v) is 1.93. The van der Waals surface area contributed by atoms with Gasteiger partial charge in [0.05, 0.1) is 14.8 Å². The molecule has 0 aromatic heterocycles. The van der Waals surface area contributed by atoms with E-state index in [9.17, 15) is 8.42 Å². The van der Waals surface area contributed by atoms with E-state index < -0.39 is 8.46 Å². The van der Waals surface area contributed by atoms with Crippen molar-refractivity contribution in [2.24, 2.45) is 0 Å². The molecule has 5 heteroatoms. The van der Waals surface area contributed by atoms with Crippen LogP contribution in [0, 0.1) is 0 Å². The van der Waals surface area contributed by atoms with Gasteiger partial charge in [-0.05, 0) is 13.3 Å². The van der Waals surface area contributed by atoms with Gasteiger partial charge in [-0.2, -0.15) is 0 Å². The Labute approximate surface area is 63.1 Å². The van der Waals surface area contributed by atoms with E-state index in [1.807, 2.05) is 6.92 Å². The Hall–Kier alpha value is 0.390. The minimum atomic E-state index is -3.17. The second kappa shape index (κ2) is 3.53. The lowest BCUT2D eigenvalue weighted by molar-refractivity contribution is 0.571. The first-order valence-corrected chi connectivity index (χ1v) is 6.00. The van der Waals surface area contributed by atoms with Gasteiger partial charge < -0.3 is 0 Å². The molecule has 0 aromatic carbocycles. The molecule has 0 aliphatic heterocycles. The molecule has 0 aliphatic rings. The Morgan fingerprint density at radius 1 is 1.67 bits per heavy atom. The number of hydrogen-bond acceptors (Lipinski definition) is 2. The maximum atomic E-state index is 10.4. The topological polar surface area (TPSA) is 46.2 Å². The normalized spacial score (nSPS) is 15.4. The van der Waals surface area contributed by atoms with Crippen LogP contribution in [0.1, 0.15) is 20.3 Å². The summed E-state index contributed by atoms with van der Waals surface area (Å²) in [6.07, 6.45) is 0.796. The van der Waals surface area contributed by atoms with Gasteiger partial charge in [0, 0.05) is 6.04 Å². The predicted molar refractivity (Wildman–Crippen MR) is 40.7 cm³/mol. The molecular weight excluding hydrogens is 206 g/mol. The van der Waals surface area contributed by atoms with Crippen molar-refractivity contribution in [3.05, 3.63) is 0 Å². The molecule has 0 bridgehead atoms. The maximum Gasteiger partial charge on any atom is 0.272 e. The van der Waals surface area contributed by atoms with Crippen molar-refractivity contribution >= 4 is 23.3 Å². The number of halogens is 1. The average Bonchev–Trinajstić information content (AvgIpc) is 1.62. The first-order chi connectivity index (χ1) is 3.95. The van der Waals surface area contributed by atoms with Crippen molar-refractivity contribution in [1.29, 1.82) is 0 Å². The second-order valence-electron chi connectivity index (χ2n) is 1.86. The largest absolute Gasteiger partial charge is 0.272 e. The van der Waals surface area contributed by atoms with Crippen LogP contribution in [0.5, 0.6) is 0 Å². The van der Waals surface area contributed by atoms with Gasteiger partial charge >= 0.3 is 0 Å². The summed E-state index contributed by atoms with van der Waals surface area (Å²) < 4.78 is 23.2. The third-order valence-electron chi connectivity index (χ3n) is 0.954. The molecule has 0 saturated heterocycles. The molecule has 0 heterocycles. The molecule has 0 spiro atoms. The lowest BCUT2D eigenvalue weighted by atomic mass is 10.3. The molecule has 1 N–H and O–H groups in total. The van der Waals surface area contributed by atoms with Crippen LogP contribution in [0.3, 0.4) is 0 Å². The number of hydrogen-bond donors (Lipinski definition) is 1. The molecule has 0 amide bonds. The molecule has 1 unspecified atom stereocenters. The zero-order valence-electron chi connectivity index (χ0n) is 5.39. The van der Waals surface area contributed by atoms with Crippen molar-refractivity contribution in [3.8, 4) is 0 Å². The Morgan fingerprint density at radius 3 is 2.22 bits per heavy atom. The molecular formula is C4H10BrNO2S. The zero-order valence-corrected chi connectivity index (χ0v) is 7.79. The fraction of sp³-hybridized carbons (Fsp3) is 1.00. The highest BCUT2D eigenvalue weighted by Crippen LogP contribution is 1.98. The van der Waals surface area contributed by atoms with Crippen LogP contribution in [0.4, 0.5) is 0 Å². The smallest absolute Gasteiger partial charge is 0.203 e. The van der Waals surface area contributed by atoms with E-state index in [1.165, 1.54) is 0 Å². The van der Waals surface area contributed by atoms with Crippen LogP contribution in [-0.2, 0) is 8.46 Å². The van der Waals surface area contributed by atoms with E-state index >= 15 is 0 Å². The van der Waals surface area contributed by atoms with Crippen molar-refractivity contribution in [2.75, 3.05) is 0 Å². The van der Waals surface area contributed by atoms with Gasteiger partial charge in [0.2, 0.25) is 0 Å². The van der Waals surface area contributed by atoms with Crippen molar-refractivity contribution in [3.63, 3.8) is 0 Å². The molecule has 0 aliphatic carbocycles. The summed E-state index contributed by atoms with van der Waals surface area (Å²) in [5.41, 5.74) is 0. The molecule has 3 nitrogen and oxygen atoms in total. The minimum absolute atomic E-state index is 0.00868. The molecule has 0 fully saturated rings. The summed E-state index contributed by atoms with van der Waals surface area (Å²) in [5.74, 6) is 0. The van der Waals surface area contributed by atoms with Crippen LogP contribution in [0.15, 0.2) is 0 Å². The highest BCUT2D eigenvalue weighted by molar-refractivity contribution is 9.47. The molecule has 0 radical (unpaired) electrons. The molecule has 1 atom stereocenters. The first kappa shape index (κ1) is 9.39. The standard InChI is InChI=1S/C4H10BrNO2S/c1-3-4(2)6-9(5,7)8/h4,6H,3H2,1-2H3. The summed E-state index contributed by atoms with van der Waals surface area (Å²) >= 11 is 2.48. The van der Waals surface area contributed by atoms with Crippen LogP contribution in [-0.4, -0.2) is 14.5 Å². The number of rotatable bonds is 3. The van der Waals surface area contributed by atoms with Gasteiger partial charge in [0.25, 0.3) is 8.46 Å². The summed E-state index contributed by atoms with van der Waals surface area (Å²) in [4.78, 5) is 0. The average molecular weight is 216 g/mol. The van der Waals surface area contributed by atoms with E-state index in [1.54, 1.807) is 6.92 Å². The minimum Gasteiger partial charge on any atom is -0.203 e. The van der Waals surface area contributed by atoms with Crippen LogP contribution >= 0.6 is 14.8 Å². The van der Waals surface area contributed by atoms with Gasteiger partial charge in [0.1, 0.15) is 0 Å². The summed E-state index contributed by atoms with van der Waals surface area (Å²) in [6, 6.07) is 0.00868. The van der Waals surface area contributed by atoms with Crippen LogP contribution in [0.2, 0.25) is 0 Å². The van der Waals surface area contributed by atoms with Gasteiger partial charge in [-0.25, -0.2) is 13.1 Å². The van der Waals surface area contributed by atoms with Crippen LogP contribution in [0.25, 0.3) is 0 Å². The van der Waals surface area contributed by atoms with Crippen LogP contribution < -0.4 is 4.72 Å². The Morgan fingerprint density at radius 2 is 2.11 bits per heavy atom. The Bertz CT molecular complexity index is 165. The van der Waals surface area contributed by atoms with Crippen molar-refractivity contribution in [2.45, 2.75) is 26.3 Å². The third kappa shape index (κ3) is 6.27. The molecule has 9 heavy (non-hydrogen) atoms. The molecule has 56 valence electrons. The van der Waals surface area contributed by atoms with E-state index in [0.717, 1.165) is 6.42 Å². The van der Waals surface area contributed by atoms with Gasteiger partial charge in [-0.15, -0.1) is 0 Å². The monoisotopic (exact) mass is 215 g/mol. The summed E-state index contributed by atoms with van der Waals surface area (Å²) in [6.45, 7) is 3.72. The highest BCUT2D eigenvalue weighted by atomic mass is 79.9. The second-order valence-corrected chi connectivity index (χ2v) is 5.53. The zero-order chi connectivity index (χ0) is 7.49. The van der Waals surface area contributed by atoms with Gasteiger partial charge in [0.15, 0.2) is 0 Å². The van der Waals surface area contributed by atoms with E-state index in [2.05, 4.69) is 19.5 Å². The Kier molecular flexibility index (Phi) is 3.68. The lowest BCUT2D eigenvalue weighted by Gasteiger charge is -2.05. The molecule has 0 aromatic rings. The summed E-state index contributed by atoms with van der Waals surface area (Å²) in [5, 5.41) is 0. The van der Waals surface area contributed by atoms with E-state index in [4.69, 9.17) is 0 Å². The summed E-state index contributed by atoms with van der Waals surface area (Å²) in [7, 11) is -3.17. The molecule has 0 rings (SSSR count). The fourth-order valence-electron chi connectivity index (χ4n) is 0.324. The first-order valence-electron chi connectivity index (χ1n) is 2.67. The van der Waals surface area contributed by atoms with Crippen molar-refractivity contribution in [1.82, 2.24) is 4.72 Å². The van der Waals surface area contributed by atoms with Crippen molar-refractivity contribution < 1.29 is 8.42 Å². The number of nitrogens with one attached hydrogen (secondary N) is 1. The van der Waals surface area contributed by atoms with Gasteiger partial charge in [-0.1, -0.05) is 6.92 Å². The van der Waals surface area contributed by atoms with E-state index in [0.29, 0.717) is 0 Å². The third-order valence-corrected chi connectivity index (χ3v) is 2.20. The van der Waals surface area contributed by atoms with E-state index in [-0.39, 0.29) is 6.04 Å². The highest BCUT2D eigenvalue weighted by Gasteiger charge is 2.06. The lowest BCUT2D eigenvalue weighted by Crippen LogP contribution is -2.27. The quantitative estimate of drug-likeness (QED) is 0.715. The maximum absolute atomic E-state index is 10.4. The predicted octanol–water partition coefficient (Wildman–Crippen LogP) is 1.01. The molecule has 0 saturated carbocycles.